The zero-order chi connectivity index (χ0) is 38.3. The van der Waals surface area contributed by atoms with E-state index in [1.807, 2.05) is 50.5 Å². The molecule has 3 aromatic carbocycles. The van der Waals surface area contributed by atoms with Gasteiger partial charge in [-0.1, -0.05) is 166 Å². The molecule has 0 aliphatic carbocycles. The number of ether oxygens (including phenoxy) is 1. The normalized spacial score (nSPS) is 13.5. The molecule has 2 heteroatoms. The van der Waals surface area contributed by atoms with Crippen LogP contribution < -0.4 is 0 Å². The van der Waals surface area contributed by atoms with Gasteiger partial charge in [-0.25, -0.2) is 0 Å². The second kappa shape index (κ2) is 31.0. The van der Waals surface area contributed by atoms with Crippen LogP contribution in [0.4, 0.5) is 0 Å². The van der Waals surface area contributed by atoms with Crippen LogP contribution >= 0.6 is 0 Å². The van der Waals surface area contributed by atoms with Crippen LogP contribution in [0, 0.1) is 23.7 Å². The van der Waals surface area contributed by atoms with Crippen LogP contribution in [0.25, 0.3) is 27.6 Å². The van der Waals surface area contributed by atoms with Crippen molar-refractivity contribution in [2.75, 3.05) is 7.11 Å². The van der Waals surface area contributed by atoms with Gasteiger partial charge >= 0.3 is 0 Å². The molecule has 2 nitrogen and oxygen atoms in total. The largest absolute Gasteiger partial charge is 0.381 e. The van der Waals surface area contributed by atoms with E-state index in [4.69, 9.17) is 4.74 Å². The van der Waals surface area contributed by atoms with Crippen LogP contribution in [0.3, 0.4) is 0 Å². The lowest BCUT2D eigenvalue weighted by molar-refractivity contribution is 0.0304. The Hall–Kier alpha value is -3.75. The maximum atomic E-state index is 5.58. The summed E-state index contributed by atoms with van der Waals surface area (Å²) in [5, 5.41) is 5.25. The van der Waals surface area contributed by atoms with Crippen molar-refractivity contribution < 1.29 is 4.74 Å². The lowest BCUT2D eigenvalue weighted by Gasteiger charge is -2.33. The fraction of sp³-hybridized carbons (Fsp3) is 0.449. The minimum atomic E-state index is 0.363. The van der Waals surface area contributed by atoms with Gasteiger partial charge in [0.25, 0.3) is 0 Å². The summed E-state index contributed by atoms with van der Waals surface area (Å²) >= 11 is 0. The molecule has 51 heavy (non-hydrogen) atoms. The summed E-state index contributed by atoms with van der Waals surface area (Å²) in [5.74, 6) is 2.84. The molecule has 0 saturated heterocycles. The van der Waals surface area contributed by atoms with Crippen LogP contribution in [0.15, 0.2) is 129 Å². The highest BCUT2D eigenvalue weighted by Gasteiger charge is 2.27. The average Bonchev–Trinajstić information content (AvgIpc) is 3.15. The summed E-state index contributed by atoms with van der Waals surface area (Å²) < 4.78 is 5.58. The lowest BCUT2D eigenvalue weighted by Crippen LogP contribution is -2.29. The molecule has 0 aliphatic heterocycles. The zero-order valence-electron chi connectivity index (χ0n) is 34.2. The molecule has 2 unspecified atom stereocenters. The number of benzene rings is 3. The van der Waals surface area contributed by atoms with Crippen LogP contribution in [0.5, 0.6) is 0 Å². The molecule has 0 radical (unpaired) electrons. The highest BCUT2D eigenvalue weighted by molar-refractivity contribution is 5.98. The standard InChI is InChI=1S/C18H36O.C14H10.C11H13N.C3H8.C3H6/c1-8-12-14(5)16(9-2)13-17(10-3)18(11-4)15(6)19-7;1-2-6-12-10-14-8-4-3-7-13(14)9-11(12)5-1;1-2-3-4-5-8-11-9-6-7-10-12-11;2*1-3-2/h9,14-18H,2,8,10-13H2,1,3-7H3;1-10H;3-10H,2H2,1H3;3H2,1-2H3;3H,1H2,2H3/b;;4-3-,8-5-;;/t14?,15-,16?,17+,18+;;;;/m1..../s1. The maximum Gasteiger partial charge on any atom is 0.0629 e. The fourth-order valence-corrected chi connectivity index (χ4v) is 6.17. The van der Waals surface area contributed by atoms with Gasteiger partial charge < -0.3 is 4.74 Å². The first-order valence-electron chi connectivity index (χ1n) is 19.6. The van der Waals surface area contributed by atoms with Crippen molar-refractivity contribution in [3.63, 3.8) is 0 Å². The second-order valence-corrected chi connectivity index (χ2v) is 13.2. The zero-order valence-corrected chi connectivity index (χ0v) is 34.2. The van der Waals surface area contributed by atoms with Crippen LogP contribution in [-0.4, -0.2) is 18.2 Å². The molecule has 0 saturated carbocycles. The van der Waals surface area contributed by atoms with E-state index in [9.17, 15) is 0 Å². The summed E-state index contributed by atoms with van der Waals surface area (Å²) in [6, 6.07) is 27.3. The van der Waals surface area contributed by atoms with Crippen molar-refractivity contribution >= 4 is 27.6 Å². The molecule has 0 N–H and O–H groups in total. The molecule has 1 heterocycles. The average molecular weight is 692 g/mol. The third-order valence-electron chi connectivity index (χ3n) is 8.98. The first-order chi connectivity index (χ1) is 24.7. The first-order valence-corrected chi connectivity index (χ1v) is 19.6. The van der Waals surface area contributed by atoms with E-state index in [-0.39, 0.29) is 0 Å². The van der Waals surface area contributed by atoms with Crippen LogP contribution in [0.2, 0.25) is 0 Å². The highest BCUT2D eigenvalue weighted by atomic mass is 16.5. The molecule has 280 valence electrons. The Morgan fingerprint density at radius 1 is 0.745 bits per heavy atom. The van der Waals surface area contributed by atoms with E-state index >= 15 is 0 Å². The van der Waals surface area contributed by atoms with Crippen molar-refractivity contribution in [2.24, 2.45) is 23.7 Å². The van der Waals surface area contributed by atoms with E-state index < -0.39 is 0 Å². The van der Waals surface area contributed by atoms with Crippen molar-refractivity contribution in [3.8, 4) is 0 Å². The maximum absolute atomic E-state index is 5.58. The lowest BCUT2D eigenvalue weighted by atomic mass is 9.75. The quantitative estimate of drug-likeness (QED) is 0.0746. The smallest absolute Gasteiger partial charge is 0.0629 e. The number of methoxy groups -OCH3 is 1. The number of fused-ring (bicyclic) bond motifs is 2. The number of hydrogen-bond acceptors (Lipinski definition) is 2. The van der Waals surface area contributed by atoms with E-state index in [0.717, 1.165) is 24.0 Å². The Bertz CT molecular complexity index is 1360. The van der Waals surface area contributed by atoms with Gasteiger partial charge in [-0.15, -0.1) is 13.2 Å². The van der Waals surface area contributed by atoms with Crippen molar-refractivity contribution in [1.29, 1.82) is 0 Å². The minimum Gasteiger partial charge on any atom is -0.381 e. The molecule has 1 aromatic heterocycles. The molecular formula is C49H73NO. The van der Waals surface area contributed by atoms with Gasteiger partial charge in [0.15, 0.2) is 0 Å². The van der Waals surface area contributed by atoms with Gasteiger partial charge in [0.05, 0.1) is 11.8 Å². The van der Waals surface area contributed by atoms with Gasteiger partial charge in [-0.2, -0.15) is 0 Å². The first kappa shape index (κ1) is 47.2. The third kappa shape index (κ3) is 20.0. The Morgan fingerprint density at radius 3 is 1.63 bits per heavy atom. The summed E-state index contributed by atoms with van der Waals surface area (Å²) in [6.45, 7) is 27.2. The number of nitrogens with zero attached hydrogens (tertiary/aromatic N) is 1. The molecule has 0 amide bonds. The number of allylic oxidation sites excluding steroid dienone is 5. The molecule has 0 spiro atoms. The number of rotatable bonds is 14. The number of pyridine rings is 1. The highest BCUT2D eigenvalue weighted by Crippen LogP contribution is 2.34. The summed E-state index contributed by atoms with van der Waals surface area (Å²) in [6.07, 6.45) is 22.9. The molecule has 4 rings (SSSR count). The van der Waals surface area contributed by atoms with E-state index in [2.05, 4.69) is 146 Å². The molecule has 0 fully saturated rings. The van der Waals surface area contributed by atoms with Crippen molar-refractivity contribution in [1.82, 2.24) is 4.98 Å². The molecule has 0 aliphatic rings. The predicted molar refractivity (Wildman–Crippen MR) is 232 cm³/mol. The Balaban J connectivity index is 0.000000693. The fourth-order valence-electron chi connectivity index (χ4n) is 6.17. The Morgan fingerprint density at radius 2 is 1.25 bits per heavy atom. The van der Waals surface area contributed by atoms with Crippen LogP contribution in [-0.2, 0) is 4.74 Å². The SMILES string of the molecule is C=CC.C=CC(C[C@H](CC)[C@@H](CC)[C@@H](C)OC)C(C)CCC.CC/C=C\C=C/c1ccccn1.CCC.c1ccc2cc3ccccc3cc2c1. The third-order valence-corrected chi connectivity index (χ3v) is 8.98. The van der Waals surface area contributed by atoms with Gasteiger partial charge in [-0.3, -0.25) is 4.98 Å². The monoisotopic (exact) mass is 692 g/mol. The van der Waals surface area contributed by atoms with Crippen molar-refractivity contribution in [3.05, 3.63) is 134 Å². The van der Waals surface area contributed by atoms with Crippen LogP contribution in [0.1, 0.15) is 113 Å². The predicted octanol–water partition coefficient (Wildman–Crippen LogP) is 15.4. The summed E-state index contributed by atoms with van der Waals surface area (Å²) in [5.41, 5.74) is 0.998. The molecule has 5 atom stereocenters. The van der Waals surface area contributed by atoms with Gasteiger partial charge in [0.1, 0.15) is 0 Å². The minimum absolute atomic E-state index is 0.363. The Labute approximate surface area is 314 Å². The van der Waals surface area contributed by atoms with E-state index in [0.29, 0.717) is 17.9 Å². The van der Waals surface area contributed by atoms with Crippen molar-refractivity contribution in [2.45, 2.75) is 113 Å². The Kier molecular flexibility index (Phi) is 28.7. The number of aromatic nitrogens is 1. The topological polar surface area (TPSA) is 22.1 Å². The van der Waals surface area contributed by atoms with E-state index in [1.54, 1.807) is 12.3 Å². The molecule has 0 bridgehead atoms. The summed E-state index contributed by atoms with van der Waals surface area (Å²) in [4.78, 5) is 4.16. The van der Waals surface area contributed by atoms with Gasteiger partial charge in [-0.05, 0) is 102 Å². The molecule has 4 aromatic rings. The van der Waals surface area contributed by atoms with E-state index in [1.165, 1.54) is 60.1 Å². The number of hydrogen-bond donors (Lipinski definition) is 0. The van der Waals surface area contributed by atoms with Gasteiger partial charge in [0, 0.05) is 13.3 Å². The molecular weight excluding hydrogens is 619 g/mol. The summed E-state index contributed by atoms with van der Waals surface area (Å²) in [7, 11) is 1.84. The second-order valence-electron chi connectivity index (χ2n) is 13.2. The van der Waals surface area contributed by atoms with Gasteiger partial charge in [0.2, 0.25) is 0 Å².